The second kappa shape index (κ2) is 9.49. The highest BCUT2D eigenvalue weighted by Crippen LogP contribution is 2.09. The summed E-state index contributed by atoms with van der Waals surface area (Å²) in [6, 6.07) is 11.5. The van der Waals surface area contributed by atoms with Crippen LogP contribution in [-0.2, 0) is 6.42 Å². The van der Waals surface area contributed by atoms with Gasteiger partial charge in [0.05, 0.1) is 0 Å². The highest BCUT2D eigenvalue weighted by Gasteiger charge is 2.12. The van der Waals surface area contributed by atoms with E-state index in [1.165, 1.54) is 37.9 Å². The third-order valence-corrected chi connectivity index (χ3v) is 3.02. The molecular formula is C15H26ClN. The minimum atomic E-state index is 0. The standard InChI is InChI=1S/C15H25N.ClH/c1-4-11-16(12-5-2)14(3)13-15-9-7-6-8-10-15;/h6-10,14H,4-5,11-13H2,1-3H3;1H. The number of hydrogen-bond acceptors (Lipinski definition) is 1. The lowest BCUT2D eigenvalue weighted by Gasteiger charge is -2.28. The molecule has 0 aliphatic carbocycles. The molecule has 1 nitrogen and oxygen atoms in total. The van der Waals surface area contributed by atoms with Crippen molar-refractivity contribution >= 4 is 12.4 Å². The van der Waals surface area contributed by atoms with E-state index in [1.54, 1.807) is 0 Å². The Morgan fingerprint density at radius 3 is 2.00 bits per heavy atom. The van der Waals surface area contributed by atoms with Gasteiger partial charge in [-0.1, -0.05) is 44.2 Å². The molecule has 1 aromatic rings. The lowest BCUT2D eigenvalue weighted by Crippen LogP contribution is -2.35. The summed E-state index contributed by atoms with van der Waals surface area (Å²) < 4.78 is 0. The SMILES string of the molecule is CCCN(CCC)C(C)Cc1ccccc1.Cl. The van der Waals surface area contributed by atoms with Gasteiger partial charge in [0.25, 0.3) is 0 Å². The van der Waals surface area contributed by atoms with Crippen molar-refractivity contribution in [3.05, 3.63) is 35.9 Å². The van der Waals surface area contributed by atoms with Gasteiger partial charge in [0, 0.05) is 6.04 Å². The summed E-state index contributed by atoms with van der Waals surface area (Å²) >= 11 is 0. The molecule has 2 heteroatoms. The van der Waals surface area contributed by atoms with E-state index in [0.717, 1.165) is 0 Å². The molecule has 17 heavy (non-hydrogen) atoms. The van der Waals surface area contributed by atoms with Gasteiger partial charge in [0.15, 0.2) is 0 Å². The van der Waals surface area contributed by atoms with Crippen LogP contribution in [0.1, 0.15) is 39.2 Å². The Balaban J connectivity index is 0.00000256. The summed E-state index contributed by atoms with van der Waals surface area (Å²) in [6.45, 7) is 9.32. The van der Waals surface area contributed by atoms with E-state index in [0.29, 0.717) is 6.04 Å². The smallest absolute Gasteiger partial charge is 0.0107 e. The molecule has 1 aromatic carbocycles. The van der Waals surface area contributed by atoms with Crippen LogP contribution in [0.4, 0.5) is 0 Å². The minimum Gasteiger partial charge on any atom is -0.300 e. The fourth-order valence-electron chi connectivity index (χ4n) is 2.21. The minimum absolute atomic E-state index is 0. The number of halogens is 1. The fourth-order valence-corrected chi connectivity index (χ4v) is 2.21. The summed E-state index contributed by atoms with van der Waals surface area (Å²) in [5.41, 5.74) is 1.45. The van der Waals surface area contributed by atoms with Crippen molar-refractivity contribution in [1.82, 2.24) is 4.90 Å². The second-order valence-electron chi connectivity index (χ2n) is 4.57. The highest BCUT2D eigenvalue weighted by atomic mass is 35.5. The van der Waals surface area contributed by atoms with Gasteiger partial charge in [0.2, 0.25) is 0 Å². The van der Waals surface area contributed by atoms with Gasteiger partial charge < -0.3 is 4.90 Å². The van der Waals surface area contributed by atoms with Crippen molar-refractivity contribution in [3.63, 3.8) is 0 Å². The predicted octanol–water partition coefficient (Wildman–Crippen LogP) is 4.16. The lowest BCUT2D eigenvalue weighted by molar-refractivity contribution is 0.208. The van der Waals surface area contributed by atoms with E-state index < -0.39 is 0 Å². The third-order valence-electron chi connectivity index (χ3n) is 3.02. The fraction of sp³-hybridized carbons (Fsp3) is 0.600. The topological polar surface area (TPSA) is 3.24 Å². The molecule has 0 aliphatic heterocycles. The first kappa shape index (κ1) is 16.5. The van der Waals surface area contributed by atoms with E-state index in [9.17, 15) is 0 Å². The maximum absolute atomic E-state index is 2.60. The van der Waals surface area contributed by atoms with Crippen LogP contribution in [0.2, 0.25) is 0 Å². The van der Waals surface area contributed by atoms with Gasteiger partial charge in [-0.25, -0.2) is 0 Å². The normalized spacial score (nSPS) is 12.2. The molecule has 1 rings (SSSR count). The first-order valence-corrected chi connectivity index (χ1v) is 6.55. The molecular weight excluding hydrogens is 230 g/mol. The molecule has 0 saturated heterocycles. The van der Waals surface area contributed by atoms with Crippen LogP contribution in [0.5, 0.6) is 0 Å². The molecule has 0 radical (unpaired) electrons. The maximum Gasteiger partial charge on any atom is 0.0107 e. The first-order chi connectivity index (χ1) is 7.77. The Kier molecular flexibility index (Phi) is 9.20. The molecule has 1 unspecified atom stereocenters. The van der Waals surface area contributed by atoms with E-state index in [4.69, 9.17) is 0 Å². The van der Waals surface area contributed by atoms with Crippen molar-refractivity contribution in [3.8, 4) is 0 Å². The Labute approximate surface area is 113 Å². The third kappa shape index (κ3) is 6.09. The summed E-state index contributed by atoms with van der Waals surface area (Å²) in [4.78, 5) is 2.60. The average molecular weight is 256 g/mol. The van der Waals surface area contributed by atoms with Crippen LogP contribution in [0.3, 0.4) is 0 Å². The first-order valence-electron chi connectivity index (χ1n) is 6.55. The molecule has 0 amide bonds. The largest absolute Gasteiger partial charge is 0.300 e. The van der Waals surface area contributed by atoms with Crippen molar-refractivity contribution in [2.75, 3.05) is 13.1 Å². The second-order valence-corrected chi connectivity index (χ2v) is 4.57. The van der Waals surface area contributed by atoms with Crippen LogP contribution in [0.15, 0.2) is 30.3 Å². The van der Waals surface area contributed by atoms with Gasteiger partial charge >= 0.3 is 0 Å². The number of nitrogens with zero attached hydrogens (tertiary/aromatic N) is 1. The highest BCUT2D eigenvalue weighted by molar-refractivity contribution is 5.85. The van der Waals surface area contributed by atoms with Crippen LogP contribution in [-0.4, -0.2) is 24.0 Å². The molecule has 0 aromatic heterocycles. The molecule has 0 saturated carbocycles. The number of rotatable bonds is 7. The Morgan fingerprint density at radius 2 is 1.53 bits per heavy atom. The Bertz CT molecular complexity index is 268. The Hall–Kier alpha value is -0.530. The summed E-state index contributed by atoms with van der Waals surface area (Å²) in [5, 5.41) is 0. The van der Waals surface area contributed by atoms with E-state index in [-0.39, 0.29) is 12.4 Å². The lowest BCUT2D eigenvalue weighted by atomic mass is 10.1. The van der Waals surface area contributed by atoms with Crippen molar-refractivity contribution in [1.29, 1.82) is 0 Å². The number of hydrogen-bond donors (Lipinski definition) is 0. The van der Waals surface area contributed by atoms with Gasteiger partial charge in [-0.15, -0.1) is 12.4 Å². The maximum atomic E-state index is 2.60. The zero-order valence-electron chi connectivity index (χ0n) is 11.4. The molecule has 0 spiro atoms. The van der Waals surface area contributed by atoms with Crippen molar-refractivity contribution < 1.29 is 0 Å². The van der Waals surface area contributed by atoms with Crippen LogP contribution < -0.4 is 0 Å². The van der Waals surface area contributed by atoms with Gasteiger partial charge in [-0.3, -0.25) is 0 Å². The zero-order chi connectivity index (χ0) is 11.8. The molecule has 0 bridgehead atoms. The van der Waals surface area contributed by atoms with Crippen LogP contribution in [0, 0.1) is 0 Å². The van der Waals surface area contributed by atoms with E-state index in [1.807, 2.05) is 0 Å². The molecule has 0 aliphatic rings. The summed E-state index contributed by atoms with van der Waals surface area (Å²) in [5.74, 6) is 0. The summed E-state index contributed by atoms with van der Waals surface area (Å²) in [6.07, 6.45) is 3.67. The average Bonchev–Trinajstić information content (AvgIpc) is 2.30. The van der Waals surface area contributed by atoms with E-state index >= 15 is 0 Å². The molecule has 0 heterocycles. The summed E-state index contributed by atoms with van der Waals surface area (Å²) in [7, 11) is 0. The molecule has 0 N–H and O–H groups in total. The monoisotopic (exact) mass is 255 g/mol. The van der Waals surface area contributed by atoms with Gasteiger partial charge in [-0.05, 0) is 44.8 Å². The van der Waals surface area contributed by atoms with Crippen LogP contribution >= 0.6 is 12.4 Å². The molecule has 1 atom stereocenters. The van der Waals surface area contributed by atoms with Crippen molar-refractivity contribution in [2.45, 2.75) is 46.1 Å². The predicted molar refractivity (Wildman–Crippen MR) is 79.0 cm³/mol. The number of benzene rings is 1. The molecule has 0 fully saturated rings. The van der Waals surface area contributed by atoms with Crippen molar-refractivity contribution in [2.24, 2.45) is 0 Å². The Morgan fingerprint density at radius 1 is 1.00 bits per heavy atom. The zero-order valence-corrected chi connectivity index (χ0v) is 12.2. The van der Waals surface area contributed by atoms with Gasteiger partial charge in [0.1, 0.15) is 0 Å². The van der Waals surface area contributed by atoms with Gasteiger partial charge in [-0.2, -0.15) is 0 Å². The van der Waals surface area contributed by atoms with E-state index in [2.05, 4.69) is 56.0 Å². The van der Waals surface area contributed by atoms with Crippen LogP contribution in [0.25, 0.3) is 0 Å². The molecule has 98 valence electrons. The quantitative estimate of drug-likeness (QED) is 0.707.